The molecule has 0 atom stereocenters. The number of esters is 1. The number of rotatable bonds is 7. The summed E-state index contributed by atoms with van der Waals surface area (Å²) in [5.74, 6) is 1.73. The van der Waals surface area contributed by atoms with Crippen LogP contribution in [0.4, 0.5) is 0 Å². The van der Waals surface area contributed by atoms with E-state index in [0.717, 1.165) is 65.7 Å². The molecule has 6 nitrogen and oxygen atoms in total. The van der Waals surface area contributed by atoms with E-state index >= 15 is 0 Å². The van der Waals surface area contributed by atoms with Crippen LogP contribution in [0.15, 0.2) is 42.5 Å². The zero-order chi connectivity index (χ0) is 21.8. The first-order chi connectivity index (χ1) is 15.1. The molecule has 0 spiro atoms. The van der Waals surface area contributed by atoms with Crippen molar-refractivity contribution in [2.75, 3.05) is 26.8 Å². The molecule has 31 heavy (non-hydrogen) atoms. The van der Waals surface area contributed by atoms with Crippen LogP contribution in [0.5, 0.6) is 5.75 Å². The molecule has 0 amide bonds. The summed E-state index contributed by atoms with van der Waals surface area (Å²) in [6.07, 6.45) is 1.64. The molecule has 0 radical (unpaired) electrons. The quantitative estimate of drug-likeness (QED) is 0.504. The number of hydrogen-bond acceptors (Lipinski definition) is 5. The van der Waals surface area contributed by atoms with E-state index in [2.05, 4.69) is 21.6 Å². The van der Waals surface area contributed by atoms with E-state index in [1.807, 2.05) is 37.3 Å². The van der Waals surface area contributed by atoms with Crippen molar-refractivity contribution >= 4 is 28.6 Å². The fourth-order valence-electron chi connectivity index (χ4n) is 4.19. The highest BCUT2D eigenvalue weighted by Gasteiger charge is 2.27. The van der Waals surface area contributed by atoms with Gasteiger partial charge in [-0.3, -0.25) is 9.69 Å². The van der Waals surface area contributed by atoms with E-state index in [9.17, 15) is 4.79 Å². The van der Waals surface area contributed by atoms with Gasteiger partial charge in [0, 0.05) is 17.6 Å². The van der Waals surface area contributed by atoms with Gasteiger partial charge in [0.1, 0.15) is 11.6 Å². The summed E-state index contributed by atoms with van der Waals surface area (Å²) in [5, 5.41) is 0.728. The average Bonchev–Trinajstić information content (AvgIpc) is 3.10. The number of nitrogens with zero attached hydrogens (tertiary/aromatic N) is 3. The molecule has 3 aromatic rings. The molecule has 0 saturated carbocycles. The van der Waals surface area contributed by atoms with Crippen LogP contribution < -0.4 is 4.74 Å². The molecule has 4 rings (SSSR count). The van der Waals surface area contributed by atoms with Crippen LogP contribution >= 0.6 is 11.6 Å². The molecule has 164 valence electrons. The second kappa shape index (κ2) is 9.71. The van der Waals surface area contributed by atoms with Crippen LogP contribution in [-0.2, 0) is 22.6 Å². The van der Waals surface area contributed by atoms with Crippen molar-refractivity contribution < 1.29 is 14.3 Å². The summed E-state index contributed by atoms with van der Waals surface area (Å²) in [5.41, 5.74) is 3.11. The molecular weight excluding hydrogens is 414 g/mol. The summed E-state index contributed by atoms with van der Waals surface area (Å²) in [4.78, 5) is 19.3. The topological polar surface area (TPSA) is 56.6 Å². The van der Waals surface area contributed by atoms with Crippen LogP contribution in [0.3, 0.4) is 0 Å². The Morgan fingerprint density at radius 1 is 1.16 bits per heavy atom. The normalized spacial score (nSPS) is 15.3. The number of halogens is 1. The molecule has 0 aliphatic carbocycles. The second-order valence-electron chi connectivity index (χ2n) is 7.90. The van der Waals surface area contributed by atoms with Crippen LogP contribution in [0.2, 0.25) is 5.02 Å². The molecule has 0 N–H and O–H groups in total. The Morgan fingerprint density at radius 3 is 2.68 bits per heavy atom. The van der Waals surface area contributed by atoms with E-state index in [-0.39, 0.29) is 11.9 Å². The summed E-state index contributed by atoms with van der Waals surface area (Å²) >= 11 is 6.21. The lowest BCUT2D eigenvalue weighted by Crippen LogP contribution is -2.37. The van der Waals surface area contributed by atoms with Gasteiger partial charge in [0.15, 0.2) is 0 Å². The molecule has 7 heteroatoms. The minimum absolute atomic E-state index is 0.00531. The maximum atomic E-state index is 12.0. The van der Waals surface area contributed by atoms with Crippen LogP contribution in [0, 0.1) is 5.92 Å². The number of ether oxygens (including phenoxy) is 2. The third kappa shape index (κ3) is 5.02. The second-order valence-corrected chi connectivity index (χ2v) is 8.34. The lowest BCUT2D eigenvalue weighted by molar-refractivity contribution is -0.149. The van der Waals surface area contributed by atoms with Crippen molar-refractivity contribution in [1.29, 1.82) is 0 Å². The van der Waals surface area contributed by atoms with Gasteiger partial charge in [-0.15, -0.1) is 0 Å². The zero-order valence-electron chi connectivity index (χ0n) is 18.0. The van der Waals surface area contributed by atoms with Crippen molar-refractivity contribution in [3.8, 4) is 5.75 Å². The SMILES string of the molecule is CCOC(=O)C1CCN(Cc2nc3cc(OC)ccc3n2Cc2cccc(Cl)c2)CC1. The Balaban J connectivity index is 1.57. The number of piperidine rings is 1. The van der Waals surface area contributed by atoms with Crippen LogP contribution in [0.25, 0.3) is 11.0 Å². The monoisotopic (exact) mass is 441 g/mol. The predicted molar refractivity (Wildman–Crippen MR) is 121 cm³/mol. The number of likely N-dealkylation sites (tertiary alicyclic amines) is 1. The van der Waals surface area contributed by atoms with Crippen molar-refractivity contribution in [1.82, 2.24) is 14.5 Å². The van der Waals surface area contributed by atoms with E-state index < -0.39 is 0 Å². The Hall–Kier alpha value is -2.57. The highest BCUT2D eigenvalue weighted by Crippen LogP contribution is 2.26. The molecule has 0 unspecified atom stereocenters. The Morgan fingerprint density at radius 2 is 1.97 bits per heavy atom. The number of carbonyl (C=O) groups excluding carboxylic acids is 1. The Bertz CT molecular complexity index is 1060. The number of carbonyl (C=O) groups is 1. The van der Waals surface area contributed by atoms with Gasteiger partial charge in [0.2, 0.25) is 0 Å². The molecule has 1 fully saturated rings. The van der Waals surface area contributed by atoms with E-state index in [0.29, 0.717) is 13.2 Å². The van der Waals surface area contributed by atoms with E-state index in [4.69, 9.17) is 26.1 Å². The number of fused-ring (bicyclic) bond motifs is 1. The van der Waals surface area contributed by atoms with E-state index in [1.54, 1.807) is 7.11 Å². The molecule has 2 aromatic carbocycles. The van der Waals surface area contributed by atoms with Gasteiger partial charge in [0.25, 0.3) is 0 Å². The maximum Gasteiger partial charge on any atom is 0.309 e. The smallest absolute Gasteiger partial charge is 0.309 e. The number of aromatic nitrogens is 2. The third-order valence-corrected chi connectivity index (χ3v) is 6.07. The standard InChI is InChI=1S/C24H28ClN3O3/c1-3-31-24(29)18-9-11-27(12-10-18)16-23-26-21-14-20(30-2)7-8-22(21)28(23)15-17-5-4-6-19(25)13-17/h4-8,13-14,18H,3,9-12,15-16H2,1-2H3. The number of methoxy groups -OCH3 is 1. The number of hydrogen-bond donors (Lipinski definition) is 0. The highest BCUT2D eigenvalue weighted by atomic mass is 35.5. The Kier molecular flexibility index (Phi) is 6.78. The van der Waals surface area contributed by atoms with Crippen LogP contribution in [-0.4, -0.2) is 47.2 Å². The molecule has 1 aliphatic rings. The molecule has 1 aromatic heterocycles. The Labute approximate surface area is 187 Å². The van der Waals surface area contributed by atoms with Gasteiger partial charge in [0.05, 0.1) is 37.2 Å². The first kappa shape index (κ1) is 21.7. The van der Waals surface area contributed by atoms with Gasteiger partial charge in [-0.2, -0.15) is 0 Å². The minimum Gasteiger partial charge on any atom is -0.497 e. The lowest BCUT2D eigenvalue weighted by atomic mass is 9.97. The maximum absolute atomic E-state index is 12.0. The average molecular weight is 442 g/mol. The van der Waals surface area contributed by atoms with Gasteiger partial charge in [-0.25, -0.2) is 4.98 Å². The first-order valence-corrected chi connectivity index (χ1v) is 11.1. The minimum atomic E-state index is -0.0672. The van der Waals surface area contributed by atoms with Crippen molar-refractivity contribution in [2.24, 2.45) is 5.92 Å². The van der Waals surface area contributed by atoms with Gasteiger partial charge in [-0.05, 0) is 62.7 Å². The zero-order valence-corrected chi connectivity index (χ0v) is 18.8. The summed E-state index contributed by atoms with van der Waals surface area (Å²) in [6, 6.07) is 13.9. The molecule has 1 aliphatic heterocycles. The fourth-order valence-corrected chi connectivity index (χ4v) is 4.40. The molecule has 2 heterocycles. The summed E-state index contributed by atoms with van der Waals surface area (Å²) in [6.45, 7) is 5.42. The van der Waals surface area contributed by atoms with Gasteiger partial charge < -0.3 is 14.0 Å². The third-order valence-electron chi connectivity index (χ3n) is 5.84. The largest absolute Gasteiger partial charge is 0.497 e. The van der Waals surface area contributed by atoms with Crippen molar-refractivity contribution in [2.45, 2.75) is 32.9 Å². The van der Waals surface area contributed by atoms with E-state index in [1.165, 1.54) is 0 Å². The predicted octanol–water partition coefficient (Wildman–Crippen LogP) is 4.52. The fraction of sp³-hybridized carbons (Fsp3) is 0.417. The van der Waals surface area contributed by atoms with Crippen LogP contribution in [0.1, 0.15) is 31.2 Å². The highest BCUT2D eigenvalue weighted by molar-refractivity contribution is 6.30. The van der Waals surface area contributed by atoms with Crippen molar-refractivity contribution in [3.63, 3.8) is 0 Å². The molecular formula is C24H28ClN3O3. The molecule has 1 saturated heterocycles. The van der Waals surface area contributed by atoms with Gasteiger partial charge >= 0.3 is 5.97 Å². The number of benzene rings is 2. The lowest BCUT2D eigenvalue weighted by Gasteiger charge is -2.30. The summed E-state index contributed by atoms with van der Waals surface area (Å²) in [7, 11) is 1.67. The number of imidazole rings is 1. The van der Waals surface area contributed by atoms with Crippen molar-refractivity contribution in [3.05, 3.63) is 58.9 Å². The first-order valence-electron chi connectivity index (χ1n) is 10.7. The van der Waals surface area contributed by atoms with Gasteiger partial charge in [-0.1, -0.05) is 23.7 Å². The molecule has 0 bridgehead atoms. The summed E-state index contributed by atoms with van der Waals surface area (Å²) < 4.78 is 12.8.